The van der Waals surface area contributed by atoms with Gasteiger partial charge >= 0.3 is 0 Å². The second kappa shape index (κ2) is 8.73. The summed E-state index contributed by atoms with van der Waals surface area (Å²) < 4.78 is 0. The summed E-state index contributed by atoms with van der Waals surface area (Å²) in [6.45, 7) is 1.82. The molecular weight excluding hydrogens is 372 g/mol. The van der Waals surface area contributed by atoms with Crippen LogP contribution in [0, 0.1) is 0 Å². The van der Waals surface area contributed by atoms with Crippen molar-refractivity contribution in [1.82, 2.24) is 30.6 Å². The zero-order chi connectivity index (χ0) is 19.2. The van der Waals surface area contributed by atoms with Crippen LogP contribution in [0.3, 0.4) is 0 Å². The molecule has 3 aromatic heterocycles. The average Bonchev–Trinajstić information content (AvgIpc) is 3.37. The van der Waals surface area contributed by atoms with E-state index in [0.717, 1.165) is 40.5 Å². The number of carbonyl (C=O) groups excluding carboxylic acids is 1. The van der Waals surface area contributed by atoms with Crippen molar-refractivity contribution in [1.29, 1.82) is 0 Å². The Bertz CT molecular complexity index is 1030. The van der Waals surface area contributed by atoms with Gasteiger partial charge in [-0.15, -0.1) is 11.3 Å². The summed E-state index contributed by atoms with van der Waals surface area (Å²) >= 11 is 1.50. The number of hydrogen-bond donors (Lipinski definition) is 3. The van der Waals surface area contributed by atoms with Gasteiger partial charge in [-0.3, -0.25) is 9.78 Å². The lowest BCUT2D eigenvalue weighted by atomic mass is 10.3. The van der Waals surface area contributed by atoms with Crippen molar-refractivity contribution in [3.8, 4) is 0 Å². The first-order valence-electron chi connectivity index (χ1n) is 9.05. The molecule has 4 rings (SSSR count). The smallest absolute Gasteiger partial charge is 0.271 e. The Labute approximate surface area is 166 Å². The number of fused-ring (bicyclic) bond motifs is 1. The van der Waals surface area contributed by atoms with Gasteiger partial charge in [0.2, 0.25) is 0 Å². The molecule has 28 heavy (non-hydrogen) atoms. The molecule has 0 fully saturated rings. The lowest BCUT2D eigenvalue weighted by Gasteiger charge is -2.02. The number of hydrogen-bond acceptors (Lipinski definition) is 6. The van der Waals surface area contributed by atoms with Gasteiger partial charge in [-0.1, -0.05) is 18.2 Å². The number of pyridine rings is 1. The van der Waals surface area contributed by atoms with Crippen molar-refractivity contribution in [2.75, 3.05) is 6.54 Å². The SMILES string of the molecule is O=C(NCc1ccccn1)c1csc(CCNCc2nc3ccccc3[nH]2)n1. The van der Waals surface area contributed by atoms with E-state index in [0.29, 0.717) is 18.8 Å². The van der Waals surface area contributed by atoms with Crippen LogP contribution in [-0.2, 0) is 19.5 Å². The second-order valence-corrected chi connectivity index (χ2v) is 7.20. The van der Waals surface area contributed by atoms with E-state index in [9.17, 15) is 4.79 Å². The maximum absolute atomic E-state index is 12.2. The Morgan fingerprint density at radius 3 is 2.82 bits per heavy atom. The molecule has 142 valence electrons. The summed E-state index contributed by atoms with van der Waals surface area (Å²) in [5.74, 6) is 0.735. The standard InChI is InChI=1S/C20H20N6OS/c27-20(23-11-14-5-3-4-9-22-14)17-13-28-19(26-17)8-10-21-12-18-24-15-6-1-2-7-16(15)25-18/h1-7,9,13,21H,8,10-12H2,(H,23,27)(H,24,25). The summed E-state index contributed by atoms with van der Waals surface area (Å²) in [5.41, 5.74) is 3.29. The van der Waals surface area contributed by atoms with E-state index < -0.39 is 0 Å². The fourth-order valence-corrected chi connectivity index (χ4v) is 3.56. The van der Waals surface area contributed by atoms with Crippen LogP contribution in [0.5, 0.6) is 0 Å². The number of rotatable bonds is 8. The predicted octanol–water partition coefficient (Wildman–Crippen LogP) is 2.68. The average molecular weight is 392 g/mol. The van der Waals surface area contributed by atoms with Crippen LogP contribution in [-0.4, -0.2) is 32.4 Å². The minimum Gasteiger partial charge on any atom is -0.345 e. The third kappa shape index (κ3) is 4.59. The first kappa shape index (κ1) is 18.3. The largest absolute Gasteiger partial charge is 0.345 e. The molecule has 0 radical (unpaired) electrons. The van der Waals surface area contributed by atoms with E-state index >= 15 is 0 Å². The molecule has 0 atom stereocenters. The van der Waals surface area contributed by atoms with Crippen LogP contribution in [0.4, 0.5) is 0 Å². The topological polar surface area (TPSA) is 95.6 Å². The molecule has 0 saturated heterocycles. The lowest BCUT2D eigenvalue weighted by molar-refractivity contribution is 0.0946. The minimum atomic E-state index is -0.177. The quantitative estimate of drug-likeness (QED) is 0.401. The van der Waals surface area contributed by atoms with Gasteiger partial charge in [-0.25, -0.2) is 9.97 Å². The van der Waals surface area contributed by atoms with Crippen molar-refractivity contribution < 1.29 is 4.79 Å². The van der Waals surface area contributed by atoms with Gasteiger partial charge in [0.25, 0.3) is 5.91 Å². The van der Waals surface area contributed by atoms with Gasteiger partial charge < -0.3 is 15.6 Å². The Hall–Kier alpha value is -3.10. The molecule has 0 saturated carbocycles. The molecule has 7 nitrogen and oxygen atoms in total. The zero-order valence-corrected chi connectivity index (χ0v) is 16.0. The first-order chi connectivity index (χ1) is 13.8. The van der Waals surface area contributed by atoms with E-state index in [1.807, 2.05) is 42.5 Å². The number of aromatic amines is 1. The summed E-state index contributed by atoms with van der Waals surface area (Å²) in [6, 6.07) is 13.6. The highest BCUT2D eigenvalue weighted by atomic mass is 32.1. The second-order valence-electron chi connectivity index (χ2n) is 6.26. The third-order valence-corrected chi connectivity index (χ3v) is 5.10. The lowest BCUT2D eigenvalue weighted by Crippen LogP contribution is -2.23. The molecule has 1 amide bonds. The molecule has 3 heterocycles. The Kier molecular flexibility index (Phi) is 5.69. The maximum atomic E-state index is 12.2. The predicted molar refractivity (Wildman–Crippen MR) is 109 cm³/mol. The number of aromatic nitrogens is 4. The van der Waals surface area contributed by atoms with Crippen molar-refractivity contribution in [2.24, 2.45) is 0 Å². The number of thiazole rings is 1. The van der Waals surface area contributed by atoms with Crippen LogP contribution < -0.4 is 10.6 Å². The van der Waals surface area contributed by atoms with Gasteiger partial charge in [0, 0.05) is 24.5 Å². The molecule has 1 aromatic carbocycles. The Morgan fingerprint density at radius 1 is 1.07 bits per heavy atom. The van der Waals surface area contributed by atoms with E-state index in [1.54, 1.807) is 11.6 Å². The number of benzene rings is 1. The molecule has 4 aromatic rings. The highest BCUT2D eigenvalue weighted by Crippen LogP contribution is 2.11. The van der Waals surface area contributed by atoms with Crippen LogP contribution in [0.1, 0.15) is 27.0 Å². The van der Waals surface area contributed by atoms with Crippen LogP contribution in [0.15, 0.2) is 54.0 Å². The number of nitrogens with zero attached hydrogens (tertiary/aromatic N) is 3. The van der Waals surface area contributed by atoms with E-state index in [1.165, 1.54) is 11.3 Å². The molecule has 0 aliphatic heterocycles. The highest BCUT2D eigenvalue weighted by molar-refractivity contribution is 7.09. The fraction of sp³-hybridized carbons (Fsp3) is 0.200. The molecule has 8 heteroatoms. The molecule has 0 unspecified atom stereocenters. The number of imidazole rings is 1. The van der Waals surface area contributed by atoms with Crippen molar-refractivity contribution >= 4 is 28.3 Å². The van der Waals surface area contributed by atoms with Crippen LogP contribution >= 0.6 is 11.3 Å². The molecule has 3 N–H and O–H groups in total. The van der Waals surface area contributed by atoms with Gasteiger partial charge in [0.15, 0.2) is 0 Å². The summed E-state index contributed by atoms with van der Waals surface area (Å²) in [6.07, 6.45) is 2.47. The van der Waals surface area contributed by atoms with Gasteiger partial charge in [-0.2, -0.15) is 0 Å². The minimum absolute atomic E-state index is 0.177. The van der Waals surface area contributed by atoms with Crippen molar-refractivity contribution in [2.45, 2.75) is 19.5 Å². The number of nitrogens with one attached hydrogen (secondary N) is 3. The summed E-state index contributed by atoms with van der Waals surface area (Å²) in [4.78, 5) is 28.7. The number of carbonyl (C=O) groups is 1. The molecule has 0 spiro atoms. The Balaban J connectivity index is 1.22. The number of H-pyrrole nitrogens is 1. The maximum Gasteiger partial charge on any atom is 0.271 e. The van der Waals surface area contributed by atoms with E-state index in [4.69, 9.17) is 0 Å². The molecule has 0 aliphatic carbocycles. The molecule has 0 bridgehead atoms. The van der Waals surface area contributed by atoms with Crippen molar-refractivity contribution in [3.05, 3.63) is 76.3 Å². The Morgan fingerprint density at radius 2 is 1.96 bits per heavy atom. The summed E-state index contributed by atoms with van der Waals surface area (Å²) in [5, 5.41) is 8.93. The fourth-order valence-electron chi connectivity index (χ4n) is 2.79. The monoisotopic (exact) mass is 392 g/mol. The van der Waals surface area contributed by atoms with Crippen molar-refractivity contribution in [3.63, 3.8) is 0 Å². The third-order valence-electron chi connectivity index (χ3n) is 4.19. The van der Waals surface area contributed by atoms with Crippen LogP contribution in [0.25, 0.3) is 11.0 Å². The van der Waals surface area contributed by atoms with Gasteiger partial charge in [-0.05, 0) is 24.3 Å². The number of para-hydroxylation sites is 2. The molecule has 0 aliphatic rings. The van der Waals surface area contributed by atoms with Gasteiger partial charge in [0.05, 0.1) is 34.8 Å². The van der Waals surface area contributed by atoms with Crippen LogP contribution in [0.2, 0.25) is 0 Å². The van der Waals surface area contributed by atoms with E-state index in [-0.39, 0.29) is 5.91 Å². The highest BCUT2D eigenvalue weighted by Gasteiger charge is 2.10. The van der Waals surface area contributed by atoms with E-state index in [2.05, 4.69) is 30.6 Å². The number of amides is 1. The molecular formula is C20H20N6OS. The summed E-state index contributed by atoms with van der Waals surface area (Å²) in [7, 11) is 0. The van der Waals surface area contributed by atoms with Gasteiger partial charge in [0.1, 0.15) is 11.5 Å². The normalized spacial score (nSPS) is 11.0. The first-order valence-corrected chi connectivity index (χ1v) is 9.93. The zero-order valence-electron chi connectivity index (χ0n) is 15.2.